The van der Waals surface area contributed by atoms with Crippen molar-refractivity contribution in [1.82, 2.24) is 4.31 Å². The Balaban J connectivity index is 2.31. The molecule has 1 fully saturated rings. The van der Waals surface area contributed by atoms with Gasteiger partial charge in [-0.1, -0.05) is 11.8 Å². The van der Waals surface area contributed by atoms with Crippen LogP contribution in [0, 0.1) is 23.6 Å². The Morgan fingerprint density at radius 2 is 2.14 bits per heavy atom. The van der Waals surface area contributed by atoms with Gasteiger partial charge in [0, 0.05) is 18.7 Å². The molecule has 1 unspecified atom stereocenters. The van der Waals surface area contributed by atoms with E-state index in [4.69, 9.17) is 5.73 Å². The molecule has 0 aliphatic heterocycles. The Bertz CT molecular complexity index is 687. The average Bonchev–Trinajstić information content (AvgIpc) is 3.27. The minimum absolute atomic E-state index is 0.119. The van der Waals surface area contributed by atoms with Crippen LogP contribution in [0.4, 0.5) is 4.39 Å². The van der Waals surface area contributed by atoms with Crippen LogP contribution in [0.25, 0.3) is 0 Å². The molecule has 2 N–H and O–H groups in total. The molecule has 0 saturated heterocycles. The predicted molar refractivity (Wildman–Crippen MR) is 79.5 cm³/mol. The Labute approximate surface area is 125 Å². The van der Waals surface area contributed by atoms with Crippen molar-refractivity contribution in [3.05, 3.63) is 29.6 Å². The van der Waals surface area contributed by atoms with E-state index < -0.39 is 15.8 Å². The van der Waals surface area contributed by atoms with Crippen molar-refractivity contribution in [2.24, 2.45) is 11.7 Å². The summed E-state index contributed by atoms with van der Waals surface area (Å²) in [7, 11) is -2.33. The van der Waals surface area contributed by atoms with E-state index >= 15 is 0 Å². The first-order valence-corrected chi connectivity index (χ1v) is 8.28. The van der Waals surface area contributed by atoms with E-state index in [1.54, 1.807) is 0 Å². The fourth-order valence-corrected chi connectivity index (χ4v) is 3.66. The van der Waals surface area contributed by atoms with Gasteiger partial charge in [0.1, 0.15) is 10.7 Å². The van der Waals surface area contributed by atoms with Gasteiger partial charge in [-0.15, -0.1) is 0 Å². The molecule has 1 aliphatic carbocycles. The molecule has 1 aromatic rings. The fraction of sp³-hybridized carbons (Fsp3) is 0.467. The number of halogens is 1. The SMILES string of the molecule is CC(C1CC1)N(C)S(=O)(=O)c1ccc(C#CCN)cc1F. The van der Waals surface area contributed by atoms with E-state index in [9.17, 15) is 12.8 Å². The maximum Gasteiger partial charge on any atom is 0.245 e. The van der Waals surface area contributed by atoms with Gasteiger partial charge in [-0.3, -0.25) is 0 Å². The lowest BCUT2D eigenvalue weighted by Crippen LogP contribution is -2.36. The third kappa shape index (κ3) is 3.43. The van der Waals surface area contributed by atoms with Crippen LogP contribution >= 0.6 is 0 Å². The highest BCUT2D eigenvalue weighted by Gasteiger charge is 2.36. The maximum atomic E-state index is 14.1. The average molecular weight is 310 g/mol. The number of nitrogens with zero attached hydrogens (tertiary/aromatic N) is 1. The topological polar surface area (TPSA) is 63.4 Å². The number of benzene rings is 1. The lowest BCUT2D eigenvalue weighted by molar-refractivity contribution is 0.355. The number of rotatable bonds is 4. The zero-order valence-electron chi connectivity index (χ0n) is 12.1. The van der Waals surface area contributed by atoms with Crippen molar-refractivity contribution in [2.45, 2.75) is 30.7 Å². The molecule has 6 heteroatoms. The van der Waals surface area contributed by atoms with Crippen LogP contribution in [0.15, 0.2) is 23.1 Å². The Kier molecular flexibility index (Phi) is 4.67. The molecule has 0 bridgehead atoms. The summed E-state index contributed by atoms with van der Waals surface area (Å²) in [6.07, 6.45) is 2.05. The van der Waals surface area contributed by atoms with Crippen LogP contribution in [-0.4, -0.2) is 32.4 Å². The first-order valence-electron chi connectivity index (χ1n) is 6.84. The molecule has 1 aliphatic rings. The van der Waals surface area contributed by atoms with Gasteiger partial charge in [0.25, 0.3) is 0 Å². The molecular weight excluding hydrogens is 291 g/mol. The number of hydrogen-bond donors (Lipinski definition) is 1. The van der Waals surface area contributed by atoms with Gasteiger partial charge in [0.05, 0.1) is 6.54 Å². The second kappa shape index (κ2) is 6.14. The Morgan fingerprint density at radius 3 is 2.67 bits per heavy atom. The van der Waals surface area contributed by atoms with Crippen molar-refractivity contribution < 1.29 is 12.8 Å². The van der Waals surface area contributed by atoms with E-state index in [1.165, 1.54) is 23.5 Å². The molecule has 0 amide bonds. The highest BCUT2D eigenvalue weighted by atomic mass is 32.2. The molecule has 4 nitrogen and oxygen atoms in total. The first kappa shape index (κ1) is 16.0. The number of nitrogens with two attached hydrogens (primary N) is 1. The maximum absolute atomic E-state index is 14.1. The van der Waals surface area contributed by atoms with Crippen LogP contribution in [0.3, 0.4) is 0 Å². The van der Waals surface area contributed by atoms with Crippen LogP contribution in [0.2, 0.25) is 0 Å². The third-order valence-corrected chi connectivity index (χ3v) is 5.78. The molecule has 0 spiro atoms. The molecule has 1 aromatic carbocycles. The zero-order valence-corrected chi connectivity index (χ0v) is 13.0. The molecule has 1 atom stereocenters. The molecule has 0 radical (unpaired) electrons. The van der Waals surface area contributed by atoms with Crippen molar-refractivity contribution in [2.75, 3.05) is 13.6 Å². The van der Waals surface area contributed by atoms with Crippen LogP contribution < -0.4 is 5.73 Å². The number of hydrogen-bond acceptors (Lipinski definition) is 3. The van der Waals surface area contributed by atoms with Crippen molar-refractivity contribution in [3.8, 4) is 11.8 Å². The van der Waals surface area contributed by atoms with E-state index in [2.05, 4.69) is 11.8 Å². The van der Waals surface area contributed by atoms with Gasteiger partial charge < -0.3 is 5.73 Å². The highest BCUT2D eigenvalue weighted by molar-refractivity contribution is 7.89. The van der Waals surface area contributed by atoms with E-state index in [1.807, 2.05) is 6.92 Å². The van der Waals surface area contributed by atoms with Crippen molar-refractivity contribution in [3.63, 3.8) is 0 Å². The lowest BCUT2D eigenvalue weighted by Gasteiger charge is -2.24. The van der Waals surface area contributed by atoms with Gasteiger partial charge in [-0.05, 0) is 43.9 Å². The minimum Gasteiger partial charge on any atom is -0.320 e. The molecule has 114 valence electrons. The van der Waals surface area contributed by atoms with Gasteiger partial charge >= 0.3 is 0 Å². The Hall–Kier alpha value is -1.42. The van der Waals surface area contributed by atoms with Gasteiger partial charge in [0.15, 0.2) is 0 Å². The Morgan fingerprint density at radius 1 is 1.48 bits per heavy atom. The lowest BCUT2D eigenvalue weighted by atomic mass is 10.2. The smallest absolute Gasteiger partial charge is 0.245 e. The molecule has 21 heavy (non-hydrogen) atoms. The summed E-state index contributed by atoms with van der Waals surface area (Å²) in [5.41, 5.74) is 5.66. The molecular formula is C15H19FN2O2S. The van der Waals surface area contributed by atoms with Gasteiger partial charge in [-0.25, -0.2) is 12.8 Å². The summed E-state index contributed by atoms with van der Waals surface area (Å²) >= 11 is 0. The second-order valence-corrected chi connectivity index (χ2v) is 7.22. The molecule has 1 saturated carbocycles. The number of sulfonamides is 1. The van der Waals surface area contributed by atoms with Gasteiger partial charge in [0.2, 0.25) is 10.0 Å². The normalized spacial score (nSPS) is 16.4. The summed E-state index contributed by atoms with van der Waals surface area (Å²) in [6.45, 7) is 2.03. The van der Waals surface area contributed by atoms with Gasteiger partial charge in [-0.2, -0.15) is 4.31 Å². The van der Waals surface area contributed by atoms with E-state index in [0.717, 1.165) is 18.9 Å². The van der Waals surface area contributed by atoms with Crippen LogP contribution in [0.1, 0.15) is 25.3 Å². The second-order valence-electron chi connectivity index (χ2n) is 5.25. The standard InChI is InChI=1S/C15H19FN2O2S/c1-11(13-6-7-13)18(2)21(19,20)15-8-5-12(4-3-9-17)10-14(15)16/h5,8,10-11,13H,6-7,9,17H2,1-2H3. The summed E-state index contributed by atoms with van der Waals surface area (Å²) in [6, 6.07) is 3.77. The summed E-state index contributed by atoms with van der Waals surface area (Å²) in [5.74, 6) is 4.88. The van der Waals surface area contributed by atoms with Crippen LogP contribution in [-0.2, 0) is 10.0 Å². The van der Waals surface area contributed by atoms with Crippen molar-refractivity contribution in [1.29, 1.82) is 0 Å². The molecule has 0 aromatic heterocycles. The molecule has 2 rings (SSSR count). The monoisotopic (exact) mass is 310 g/mol. The summed E-state index contributed by atoms with van der Waals surface area (Å²) in [5, 5.41) is 0. The van der Waals surface area contributed by atoms with Crippen LogP contribution in [0.5, 0.6) is 0 Å². The quantitative estimate of drug-likeness (QED) is 0.858. The largest absolute Gasteiger partial charge is 0.320 e. The summed E-state index contributed by atoms with van der Waals surface area (Å²) < 4.78 is 40.3. The highest BCUT2D eigenvalue weighted by Crippen LogP contribution is 2.36. The van der Waals surface area contributed by atoms with Crippen molar-refractivity contribution >= 4 is 10.0 Å². The summed E-state index contributed by atoms with van der Waals surface area (Å²) in [4.78, 5) is -0.309. The fourth-order valence-electron chi connectivity index (χ4n) is 2.19. The minimum atomic E-state index is -3.83. The predicted octanol–water partition coefficient (Wildman–Crippen LogP) is 1.55. The van der Waals surface area contributed by atoms with E-state index in [0.29, 0.717) is 11.5 Å². The molecule has 0 heterocycles. The van der Waals surface area contributed by atoms with E-state index in [-0.39, 0.29) is 17.5 Å². The zero-order chi connectivity index (χ0) is 15.6. The third-order valence-electron chi connectivity index (χ3n) is 3.80. The first-order chi connectivity index (χ1) is 9.87.